The number of rotatable bonds is 4. The molecule has 2 aromatic rings. The maximum atomic E-state index is 12.2. The minimum atomic E-state index is -0.178. The Balaban J connectivity index is 2.16. The second kappa shape index (κ2) is 5.79. The van der Waals surface area contributed by atoms with Crippen molar-refractivity contribution in [3.05, 3.63) is 40.9 Å². The molecule has 1 amide bonds. The first-order chi connectivity index (χ1) is 9.08. The lowest BCUT2D eigenvalue weighted by atomic mass is 10.0. The fourth-order valence-corrected chi connectivity index (χ4v) is 2.54. The number of carbonyl (C=O) groups excluding carboxylic acids is 1. The summed E-state index contributed by atoms with van der Waals surface area (Å²) in [6, 6.07) is 8.93. The minimum absolute atomic E-state index is 0.118. The maximum absolute atomic E-state index is 12.2. The fourth-order valence-electron chi connectivity index (χ4n) is 1.70. The largest absolute Gasteiger partial charge is 0.374 e. The number of anilines is 1. The molecule has 3 N–H and O–H groups in total. The quantitative estimate of drug-likeness (QED) is 0.897. The van der Waals surface area contributed by atoms with Gasteiger partial charge < -0.3 is 11.1 Å². The van der Waals surface area contributed by atoms with E-state index in [1.807, 2.05) is 32.0 Å². The molecule has 0 aliphatic heterocycles. The van der Waals surface area contributed by atoms with Crippen molar-refractivity contribution < 1.29 is 4.79 Å². The van der Waals surface area contributed by atoms with Crippen LogP contribution in [0.1, 0.15) is 35.3 Å². The Hall–Kier alpha value is -1.95. The van der Waals surface area contributed by atoms with E-state index >= 15 is 0 Å². The number of benzene rings is 1. The first-order valence-corrected chi connectivity index (χ1v) is 6.84. The molecule has 0 saturated heterocycles. The van der Waals surface area contributed by atoms with Gasteiger partial charge in [0.05, 0.1) is 6.04 Å². The summed E-state index contributed by atoms with van der Waals surface area (Å²) in [5.41, 5.74) is 6.22. The maximum Gasteiger partial charge on any atom is 0.251 e. The van der Waals surface area contributed by atoms with Gasteiger partial charge in [-0.05, 0) is 18.1 Å². The van der Waals surface area contributed by atoms with Crippen LogP contribution in [-0.2, 0) is 0 Å². The molecule has 0 aliphatic rings. The molecule has 0 aliphatic carbocycles. The van der Waals surface area contributed by atoms with Crippen molar-refractivity contribution in [2.45, 2.75) is 19.9 Å². The van der Waals surface area contributed by atoms with Gasteiger partial charge in [0.25, 0.3) is 5.91 Å². The number of amides is 1. The van der Waals surface area contributed by atoms with Crippen molar-refractivity contribution in [2.24, 2.45) is 5.92 Å². The molecule has 6 heteroatoms. The predicted octanol–water partition coefficient (Wildman–Crippen LogP) is 2.25. The zero-order valence-corrected chi connectivity index (χ0v) is 11.6. The van der Waals surface area contributed by atoms with Gasteiger partial charge in [-0.3, -0.25) is 4.79 Å². The molecule has 0 fully saturated rings. The molecular formula is C13H16N4OS. The zero-order chi connectivity index (χ0) is 13.8. The molecule has 0 saturated carbocycles. The summed E-state index contributed by atoms with van der Waals surface area (Å²) in [4.78, 5) is 12.2. The summed E-state index contributed by atoms with van der Waals surface area (Å²) in [5, 5.41) is 11.9. The number of nitrogen functional groups attached to an aromatic ring is 1. The lowest BCUT2D eigenvalue weighted by Gasteiger charge is -2.19. The van der Waals surface area contributed by atoms with E-state index in [0.29, 0.717) is 10.7 Å². The van der Waals surface area contributed by atoms with Crippen LogP contribution in [0.15, 0.2) is 30.3 Å². The number of carbonyl (C=O) groups is 1. The van der Waals surface area contributed by atoms with Crippen LogP contribution < -0.4 is 11.1 Å². The van der Waals surface area contributed by atoms with E-state index in [-0.39, 0.29) is 17.9 Å². The average Bonchev–Trinajstić information content (AvgIpc) is 2.82. The third-order valence-corrected chi connectivity index (χ3v) is 3.55. The summed E-state index contributed by atoms with van der Waals surface area (Å²) in [7, 11) is 0. The van der Waals surface area contributed by atoms with E-state index < -0.39 is 0 Å². The van der Waals surface area contributed by atoms with E-state index in [0.717, 1.165) is 5.01 Å². The molecule has 1 heterocycles. The molecule has 1 atom stereocenters. The lowest BCUT2D eigenvalue weighted by molar-refractivity contribution is 0.0925. The lowest BCUT2D eigenvalue weighted by Crippen LogP contribution is -2.31. The number of nitrogens with two attached hydrogens (primary N) is 1. The van der Waals surface area contributed by atoms with Gasteiger partial charge in [0.15, 0.2) is 0 Å². The van der Waals surface area contributed by atoms with Gasteiger partial charge in [-0.25, -0.2) is 0 Å². The second-order valence-electron chi connectivity index (χ2n) is 4.54. The molecule has 5 nitrogen and oxygen atoms in total. The third kappa shape index (κ3) is 3.29. The van der Waals surface area contributed by atoms with Crippen LogP contribution in [-0.4, -0.2) is 16.1 Å². The van der Waals surface area contributed by atoms with Crippen LogP contribution in [0.2, 0.25) is 0 Å². The molecule has 0 bridgehead atoms. The number of nitrogens with zero attached hydrogens (tertiary/aromatic N) is 2. The topological polar surface area (TPSA) is 80.9 Å². The fraction of sp³-hybridized carbons (Fsp3) is 0.308. The normalized spacial score (nSPS) is 12.4. The van der Waals surface area contributed by atoms with Crippen LogP contribution >= 0.6 is 11.3 Å². The van der Waals surface area contributed by atoms with Crippen molar-refractivity contribution in [1.82, 2.24) is 15.5 Å². The van der Waals surface area contributed by atoms with Crippen molar-refractivity contribution in [2.75, 3.05) is 5.73 Å². The molecule has 0 radical (unpaired) electrons. The molecule has 19 heavy (non-hydrogen) atoms. The van der Waals surface area contributed by atoms with Gasteiger partial charge in [-0.15, -0.1) is 10.2 Å². The summed E-state index contributed by atoms with van der Waals surface area (Å²) < 4.78 is 0. The molecule has 0 unspecified atom stereocenters. The Labute approximate surface area is 115 Å². The highest BCUT2D eigenvalue weighted by Gasteiger charge is 2.22. The van der Waals surface area contributed by atoms with Crippen molar-refractivity contribution in [3.8, 4) is 0 Å². The summed E-state index contributed by atoms with van der Waals surface area (Å²) in [6.07, 6.45) is 0. The van der Waals surface area contributed by atoms with Gasteiger partial charge in [0.1, 0.15) is 5.01 Å². The Morgan fingerprint density at radius 3 is 2.47 bits per heavy atom. The van der Waals surface area contributed by atoms with Gasteiger partial charge in [0, 0.05) is 5.56 Å². The Kier molecular flexibility index (Phi) is 4.11. The Bertz CT molecular complexity index is 553. The number of nitrogens with one attached hydrogen (secondary N) is 1. The Morgan fingerprint density at radius 1 is 1.26 bits per heavy atom. The van der Waals surface area contributed by atoms with E-state index in [4.69, 9.17) is 5.73 Å². The summed E-state index contributed by atoms with van der Waals surface area (Å²) >= 11 is 1.30. The third-order valence-electron chi connectivity index (χ3n) is 2.71. The monoisotopic (exact) mass is 276 g/mol. The summed E-state index contributed by atoms with van der Waals surface area (Å²) in [6.45, 7) is 4.04. The highest BCUT2D eigenvalue weighted by atomic mass is 32.1. The second-order valence-corrected chi connectivity index (χ2v) is 5.58. The molecule has 1 aromatic heterocycles. The van der Waals surface area contributed by atoms with Crippen molar-refractivity contribution >= 4 is 22.4 Å². The van der Waals surface area contributed by atoms with Crippen LogP contribution in [0.25, 0.3) is 0 Å². The van der Waals surface area contributed by atoms with E-state index in [9.17, 15) is 4.79 Å². The van der Waals surface area contributed by atoms with E-state index in [2.05, 4.69) is 15.5 Å². The van der Waals surface area contributed by atoms with Gasteiger partial charge >= 0.3 is 0 Å². The average molecular weight is 276 g/mol. The van der Waals surface area contributed by atoms with Crippen LogP contribution in [0.5, 0.6) is 0 Å². The standard InChI is InChI=1S/C13H16N4OS/c1-8(2)10(12-16-17-13(14)19-12)15-11(18)9-6-4-3-5-7-9/h3-8,10H,1-2H3,(H2,14,17)(H,15,18)/t10-/m0/s1. The van der Waals surface area contributed by atoms with Crippen LogP contribution in [0.3, 0.4) is 0 Å². The Morgan fingerprint density at radius 2 is 1.95 bits per heavy atom. The number of aromatic nitrogens is 2. The van der Waals surface area contributed by atoms with Crippen LogP contribution in [0, 0.1) is 5.92 Å². The van der Waals surface area contributed by atoms with Gasteiger partial charge in [-0.2, -0.15) is 0 Å². The van der Waals surface area contributed by atoms with Gasteiger partial charge in [0.2, 0.25) is 5.13 Å². The molecule has 1 aromatic carbocycles. The SMILES string of the molecule is CC(C)[C@H](NC(=O)c1ccccc1)c1nnc(N)s1. The van der Waals surface area contributed by atoms with Crippen LogP contribution in [0.4, 0.5) is 5.13 Å². The first kappa shape index (κ1) is 13.5. The molecule has 100 valence electrons. The minimum Gasteiger partial charge on any atom is -0.374 e. The predicted molar refractivity (Wildman–Crippen MR) is 75.8 cm³/mol. The van der Waals surface area contributed by atoms with Crippen molar-refractivity contribution in [3.63, 3.8) is 0 Å². The number of hydrogen-bond acceptors (Lipinski definition) is 5. The summed E-state index contributed by atoms with van der Waals surface area (Å²) in [5.74, 6) is 0.0908. The van der Waals surface area contributed by atoms with Gasteiger partial charge in [-0.1, -0.05) is 43.4 Å². The van der Waals surface area contributed by atoms with E-state index in [1.165, 1.54) is 11.3 Å². The van der Waals surface area contributed by atoms with E-state index in [1.54, 1.807) is 12.1 Å². The highest BCUT2D eigenvalue weighted by Crippen LogP contribution is 2.26. The molecular weight excluding hydrogens is 260 g/mol. The van der Waals surface area contributed by atoms with Crippen molar-refractivity contribution in [1.29, 1.82) is 0 Å². The molecule has 2 rings (SSSR count). The smallest absolute Gasteiger partial charge is 0.251 e. The zero-order valence-electron chi connectivity index (χ0n) is 10.8. The molecule has 0 spiro atoms. The highest BCUT2D eigenvalue weighted by molar-refractivity contribution is 7.15. The number of hydrogen-bond donors (Lipinski definition) is 2. The first-order valence-electron chi connectivity index (χ1n) is 6.02.